The molecule has 0 fully saturated rings. The van der Waals surface area contributed by atoms with E-state index in [2.05, 4.69) is 39.9 Å². The van der Waals surface area contributed by atoms with Crippen LogP contribution in [0.5, 0.6) is 0 Å². The first-order valence-corrected chi connectivity index (χ1v) is 8.39. The molecule has 0 bridgehead atoms. The molecule has 0 radical (unpaired) electrons. The molecule has 0 aliphatic carbocycles. The predicted octanol–water partition coefficient (Wildman–Crippen LogP) is 3.47. The quantitative estimate of drug-likeness (QED) is 0.562. The molecular formula is C15H10F3N7OS. The standard InChI is InChI=1S/C15H10F3N7OS/c1-7-3-21-13(27-7)8-2-9-11(19-4-8)22-6-23-12(9)20-5-10-24-14(25-26-10)15(16,17)18/h2-4,6H,5H2,1H3,(H,19,20,22,23). The van der Waals surface area contributed by atoms with Gasteiger partial charge in [-0.25, -0.2) is 19.9 Å². The first-order chi connectivity index (χ1) is 12.9. The second kappa shape index (κ2) is 6.54. The van der Waals surface area contributed by atoms with Gasteiger partial charge in [-0.2, -0.15) is 18.2 Å². The van der Waals surface area contributed by atoms with E-state index in [1.807, 2.05) is 13.0 Å². The van der Waals surface area contributed by atoms with Gasteiger partial charge in [0.1, 0.15) is 17.2 Å². The maximum absolute atomic E-state index is 12.5. The maximum Gasteiger partial charge on any atom is 0.455 e. The second-order valence-corrected chi connectivity index (χ2v) is 6.69. The number of nitrogens with one attached hydrogen (secondary N) is 1. The van der Waals surface area contributed by atoms with Crippen LogP contribution in [0.1, 0.15) is 16.6 Å². The smallest absolute Gasteiger partial charge is 0.360 e. The zero-order valence-electron chi connectivity index (χ0n) is 13.7. The van der Waals surface area contributed by atoms with Crippen molar-refractivity contribution >= 4 is 28.2 Å². The molecule has 1 N–H and O–H groups in total. The topological polar surface area (TPSA) is 103 Å². The van der Waals surface area contributed by atoms with Gasteiger partial charge in [-0.15, -0.1) is 11.3 Å². The monoisotopic (exact) mass is 393 g/mol. The van der Waals surface area contributed by atoms with E-state index in [1.54, 1.807) is 12.4 Å². The molecule has 4 rings (SSSR count). The number of hydrogen-bond acceptors (Lipinski definition) is 9. The lowest BCUT2D eigenvalue weighted by atomic mass is 10.2. The van der Waals surface area contributed by atoms with Gasteiger partial charge in [-0.3, -0.25) is 0 Å². The van der Waals surface area contributed by atoms with Crippen molar-refractivity contribution in [3.8, 4) is 10.6 Å². The third-order valence-electron chi connectivity index (χ3n) is 3.49. The third-order valence-corrected chi connectivity index (χ3v) is 4.45. The Kier molecular flexibility index (Phi) is 4.18. The van der Waals surface area contributed by atoms with Crippen LogP contribution in [0, 0.1) is 6.92 Å². The fourth-order valence-electron chi connectivity index (χ4n) is 2.29. The normalized spacial score (nSPS) is 11.9. The number of pyridine rings is 1. The molecule has 8 nitrogen and oxygen atoms in total. The fraction of sp³-hybridized carbons (Fsp3) is 0.200. The number of aromatic nitrogens is 6. The average molecular weight is 393 g/mol. The van der Waals surface area contributed by atoms with Gasteiger partial charge in [0, 0.05) is 22.8 Å². The summed E-state index contributed by atoms with van der Waals surface area (Å²) in [6, 6.07) is 1.82. The summed E-state index contributed by atoms with van der Waals surface area (Å²) < 4.78 is 42.2. The number of rotatable bonds is 4. The summed E-state index contributed by atoms with van der Waals surface area (Å²) >= 11 is 1.52. The van der Waals surface area contributed by atoms with E-state index in [4.69, 9.17) is 0 Å². The van der Waals surface area contributed by atoms with Crippen molar-refractivity contribution in [2.24, 2.45) is 0 Å². The Morgan fingerprint density at radius 2 is 2.00 bits per heavy atom. The molecule has 0 amide bonds. The maximum atomic E-state index is 12.5. The van der Waals surface area contributed by atoms with Gasteiger partial charge in [0.2, 0.25) is 5.89 Å². The number of hydrogen-bond donors (Lipinski definition) is 1. The van der Waals surface area contributed by atoms with E-state index in [0.717, 1.165) is 15.4 Å². The number of halogens is 3. The Bertz CT molecular complexity index is 1110. The van der Waals surface area contributed by atoms with Gasteiger partial charge in [-0.05, 0) is 13.0 Å². The highest BCUT2D eigenvalue weighted by atomic mass is 32.1. The molecular weight excluding hydrogens is 383 g/mol. The Morgan fingerprint density at radius 1 is 1.15 bits per heavy atom. The molecule has 12 heteroatoms. The highest BCUT2D eigenvalue weighted by Gasteiger charge is 2.37. The van der Waals surface area contributed by atoms with E-state index < -0.39 is 12.0 Å². The zero-order valence-corrected chi connectivity index (χ0v) is 14.5. The van der Waals surface area contributed by atoms with Gasteiger partial charge in [0.25, 0.3) is 5.82 Å². The highest BCUT2D eigenvalue weighted by molar-refractivity contribution is 7.14. The molecule has 4 aromatic rings. The predicted molar refractivity (Wildman–Crippen MR) is 89.8 cm³/mol. The van der Waals surface area contributed by atoms with Crippen molar-refractivity contribution in [3.63, 3.8) is 0 Å². The molecule has 4 aromatic heterocycles. The Labute approximate surface area is 153 Å². The van der Waals surface area contributed by atoms with E-state index >= 15 is 0 Å². The molecule has 138 valence electrons. The lowest BCUT2D eigenvalue weighted by Crippen LogP contribution is -2.08. The van der Waals surface area contributed by atoms with Crippen LogP contribution in [0.2, 0.25) is 0 Å². The molecule has 4 heterocycles. The SMILES string of the molecule is Cc1cnc(-c2cnc3ncnc(NCc4nc(C(F)(F)F)no4)c3c2)s1. The van der Waals surface area contributed by atoms with Crippen molar-refractivity contribution in [1.82, 2.24) is 30.1 Å². The van der Waals surface area contributed by atoms with Crippen LogP contribution in [0.25, 0.3) is 21.6 Å². The fourth-order valence-corrected chi connectivity index (χ4v) is 3.04. The zero-order chi connectivity index (χ0) is 19.0. The number of thiazole rings is 1. The van der Waals surface area contributed by atoms with E-state index in [0.29, 0.717) is 16.9 Å². The van der Waals surface area contributed by atoms with E-state index in [9.17, 15) is 13.2 Å². The van der Waals surface area contributed by atoms with Crippen molar-refractivity contribution in [1.29, 1.82) is 0 Å². The number of fused-ring (bicyclic) bond motifs is 1. The largest absolute Gasteiger partial charge is 0.455 e. The minimum absolute atomic E-state index is 0.129. The summed E-state index contributed by atoms with van der Waals surface area (Å²) in [6.07, 6.45) is 0.0670. The van der Waals surface area contributed by atoms with Crippen molar-refractivity contribution in [2.75, 3.05) is 5.32 Å². The first kappa shape index (κ1) is 17.3. The lowest BCUT2D eigenvalue weighted by Gasteiger charge is -2.06. The molecule has 27 heavy (non-hydrogen) atoms. The van der Waals surface area contributed by atoms with Gasteiger partial charge >= 0.3 is 6.18 Å². The second-order valence-electron chi connectivity index (χ2n) is 5.46. The third kappa shape index (κ3) is 3.56. The van der Waals surface area contributed by atoms with Crippen LogP contribution in [-0.2, 0) is 12.7 Å². The number of aryl methyl sites for hydroxylation is 1. The van der Waals surface area contributed by atoms with Gasteiger partial charge in [0.05, 0.1) is 11.9 Å². The summed E-state index contributed by atoms with van der Waals surface area (Å²) in [6.45, 7) is 1.82. The molecule has 0 saturated heterocycles. The minimum Gasteiger partial charge on any atom is -0.360 e. The Morgan fingerprint density at radius 3 is 2.70 bits per heavy atom. The number of anilines is 1. The highest BCUT2D eigenvalue weighted by Crippen LogP contribution is 2.29. The molecule has 0 aromatic carbocycles. The minimum atomic E-state index is -4.66. The molecule has 0 spiro atoms. The average Bonchev–Trinajstić information content (AvgIpc) is 3.28. The Balaban J connectivity index is 1.62. The molecule has 0 unspecified atom stereocenters. The number of nitrogens with zero attached hydrogens (tertiary/aromatic N) is 6. The van der Waals surface area contributed by atoms with Gasteiger partial charge < -0.3 is 9.84 Å². The van der Waals surface area contributed by atoms with Gasteiger partial charge in [0.15, 0.2) is 5.65 Å². The molecule has 0 aliphatic rings. The van der Waals surface area contributed by atoms with Crippen LogP contribution >= 0.6 is 11.3 Å². The molecule has 0 aliphatic heterocycles. The van der Waals surface area contributed by atoms with Crippen molar-refractivity contribution in [2.45, 2.75) is 19.6 Å². The lowest BCUT2D eigenvalue weighted by molar-refractivity contribution is -0.146. The molecule has 0 atom stereocenters. The summed E-state index contributed by atoms with van der Waals surface area (Å²) in [7, 11) is 0. The van der Waals surface area contributed by atoms with E-state index in [1.165, 1.54) is 17.7 Å². The van der Waals surface area contributed by atoms with Crippen LogP contribution < -0.4 is 5.32 Å². The summed E-state index contributed by atoms with van der Waals surface area (Å²) in [5.41, 5.74) is 1.22. The van der Waals surface area contributed by atoms with Crippen LogP contribution in [-0.4, -0.2) is 30.1 Å². The molecule has 0 saturated carbocycles. The van der Waals surface area contributed by atoms with Crippen molar-refractivity contribution in [3.05, 3.63) is 41.4 Å². The first-order valence-electron chi connectivity index (χ1n) is 7.57. The Hall–Kier alpha value is -3.15. The van der Waals surface area contributed by atoms with Gasteiger partial charge in [-0.1, -0.05) is 5.16 Å². The summed E-state index contributed by atoms with van der Waals surface area (Å²) in [5, 5.41) is 7.19. The van der Waals surface area contributed by atoms with Crippen LogP contribution in [0.15, 0.2) is 29.3 Å². The van der Waals surface area contributed by atoms with E-state index in [-0.39, 0.29) is 12.4 Å². The summed E-state index contributed by atoms with van der Waals surface area (Å²) in [5.74, 6) is -1.15. The number of alkyl halides is 3. The summed E-state index contributed by atoms with van der Waals surface area (Å²) in [4.78, 5) is 21.2. The van der Waals surface area contributed by atoms with Crippen LogP contribution in [0.4, 0.5) is 19.0 Å². The van der Waals surface area contributed by atoms with Crippen LogP contribution in [0.3, 0.4) is 0 Å². The van der Waals surface area contributed by atoms with Crippen molar-refractivity contribution < 1.29 is 17.7 Å².